The molecule has 3 nitrogen and oxygen atoms in total. The van der Waals surface area contributed by atoms with Gasteiger partial charge in [-0.05, 0) is 45.6 Å². The zero-order valence-corrected chi connectivity index (χ0v) is 11.9. The summed E-state index contributed by atoms with van der Waals surface area (Å²) in [6, 6.07) is 1.57. The van der Waals surface area contributed by atoms with Gasteiger partial charge < -0.3 is 5.73 Å². The first-order valence-electron chi connectivity index (χ1n) is 7.93. The molecule has 0 amide bonds. The molecular weight excluding hydrogens is 222 g/mol. The molecule has 2 aliphatic heterocycles. The second-order valence-electron chi connectivity index (χ2n) is 6.95. The molecule has 0 spiro atoms. The highest BCUT2D eigenvalue weighted by molar-refractivity contribution is 4.94. The third-order valence-corrected chi connectivity index (χ3v) is 5.56. The number of piperazine rings is 1. The van der Waals surface area contributed by atoms with Gasteiger partial charge in [-0.1, -0.05) is 12.8 Å². The van der Waals surface area contributed by atoms with Crippen LogP contribution < -0.4 is 5.73 Å². The first kappa shape index (κ1) is 12.9. The van der Waals surface area contributed by atoms with Crippen molar-refractivity contribution in [2.45, 2.75) is 69.5 Å². The van der Waals surface area contributed by atoms with Gasteiger partial charge in [0, 0.05) is 37.3 Å². The van der Waals surface area contributed by atoms with Crippen LogP contribution in [-0.2, 0) is 0 Å². The van der Waals surface area contributed by atoms with E-state index in [1.807, 2.05) is 0 Å². The fraction of sp³-hybridized carbons (Fsp3) is 1.00. The predicted octanol–water partition coefficient (Wildman–Crippen LogP) is 1.82. The van der Waals surface area contributed by atoms with E-state index in [1.54, 1.807) is 0 Å². The van der Waals surface area contributed by atoms with E-state index in [-0.39, 0.29) is 5.54 Å². The van der Waals surface area contributed by atoms with E-state index >= 15 is 0 Å². The van der Waals surface area contributed by atoms with Crippen molar-refractivity contribution in [3.8, 4) is 0 Å². The molecule has 0 aromatic carbocycles. The lowest BCUT2D eigenvalue weighted by molar-refractivity contribution is 0.0541. The summed E-state index contributed by atoms with van der Waals surface area (Å²) in [5.74, 6) is 0. The van der Waals surface area contributed by atoms with Crippen molar-refractivity contribution < 1.29 is 0 Å². The Morgan fingerprint density at radius 3 is 2.72 bits per heavy atom. The van der Waals surface area contributed by atoms with E-state index in [0.717, 1.165) is 12.1 Å². The number of rotatable bonds is 3. The van der Waals surface area contributed by atoms with E-state index in [4.69, 9.17) is 5.73 Å². The third-order valence-electron chi connectivity index (χ3n) is 5.56. The van der Waals surface area contributed by atoms with Gasteiger partial charge in [-0.2, -0.15) is 0 Å². The Morgan fingerprint density at radius 2 is 1.94 bits per heavy atom. The highest BCUT2D eigenvalue weighted by Crippen LogP contribution is 2.31. The molecule has 2 heterocycles. The average Bonchev–Trinajstić information content (AvgIpc) is 2.95. The van der Waals surface area contributed by atoms with Crippen molar-refractivity contribution in [1.82, 2.24) is 9.80 Å². The van der Waals surface area contributed by atoms with Crippen LogP contribution in [0.5, 0.6) is 0 Å². The monoisotopic (exact) mass is 251 g/mol. The molecule has 18 heavy (non-hydrogen) atoms. The van der Waals surface area contributed by atoms with Gasteiger partial charge in [-0.15, -0.1) is 0 Å². The van der Waals surface area contributed by atoms with E-state index in [0.29, 0.717) is 0 Å². The number of fused-ring (bicyclic) bond motifs is 1. The molecule has 0 radical (unpaired) electrons. The van der Waals surface area contributed by atoms with Gasteiger partial charge in [0.2, 0.25) is 0 Å². The first-order valence-corrected chi connectivity index (χ1v) is 7.93. The summed E-state index contributed by atoms with van der Waals surface area (Å²) in [5, 5.41) is 0. The molecule has 1 saturated carbocycles. The second kappa shape index (κ2) is 5.10. The molecule has 2 N–H and O–H groups in total. The van der Waals surface area contributed by atoms with Gasteiger partial charge in [0.05, 0.1) is 0 Å². The highest BCUT2D eigenvalue weighted by atomic mass is 15.3. The summed E-state index contributed by atoms with van der Waals surface area (Å²) >= 11 is 0. The Kier molecular flexibility index (Phi) is 3.65. The van der Waals surface area contributed by atoms with Crippen LogP contribution in [0.1, 0.15) is 51.9 Å². The fourth-order valence-electron chi connectivity index (χ4n) is 4.25. The minimum absolute atomic E-state index is 0.173. The smallest absolute Gasteiger partial charge is 0.0224 e. The van der Waals surface area contributed by atoms with Crippen molar-refractivity contribution in [3.63, 3.8) is 0 Å². The highest BCUT2D eigenvalue weighted by Gasteiger charge is 2.36. The Bertz CT molecular complexity index is 285. The van der Waals surface area contributed by atoms with Gasteiger partial charge in [0.25, 0.3) is 0 Å². The average molecular weight is 251 g/mol. The fourth-order valence-corrected chi connectivity index (χ4v) is 4.25. The predicted molar refractivity (Wildman–Crippen MR) is 75.6 cm³/mol. The minimum atomic E-state index is 0.173. The number of nitrogens with zero attached hydrogens (tertiary/aromatic N) is 2. The number of hydrogen-bond donors (Lipinski definition) is 1. The van der Waals surface area contributed by atoms with Crippen LogP contribution in [0.2, 0.25) is 0 Å². The van der Waals surface area contributed by atoms with Crippen molar-refractivity contribution in [2.24, 2.45) is 5.73 Å². The van der Waals surface area contributed by atoms with Crippen molar-refractivity contribution >= 4 is 0 Å². The van der Waals surface area contributed by atoms with Crippen LogP contribution in [0.4, 0.5) is 0 Å². The lowest BCUT2D eigenvalue weighted by Crippen LogP contribution is -2.56. The lowest BCUT2D eigenvalue weighted by atomic mass is 9.94. The van der Waals surface area contributed by atoms with Gasteiger partial charge in [0.1, 0.15) is 0 Å². The van der Waals surface area contributed by atoms with Crippen LogP contribution in [0.25, 0.3) is 0 Å². The maximum absolute atomic E-state index is 6.49. The molecule has 0 aromatic rings. The zero-order valence-electron chi connectivity index (χ0n) is 11.9. The van der Waals surface area contributed by atoms with Gasteiger partial charge in [-0.3, -0.25) is 9.80 Å². The molecule has 0 bridgehead atoms. The molecular formula is C15H29N3. The standard InChI is InChI=1S/C15H29N3/c1-13-11-18-9-4-5-14(18)12-17(13)10-8-15(16)6-2-3-7-15/h13-14H,2-12,16H2,1H3. The normalized spacial score (nSPS) is 37.0. The minimum Gasteiger partial charge on any atom is -0.325 e. The van der Waals surface area contributed by atoms with Crippen LogP contribution >= 0.6 is 0 Å². The molecule has 3 rings (SSSR count). The van der Waals surface area contributed by atoms with Crippen LogP contribution in [-0.4, -0.2) is 53.6 Å². The maximum Gasteiger partial charge on any atom is 0.0224 e. The number of hydrogen-bond acceptors (Lipinski definition) is 3. The Morgan fingerprint density at radius 1 is 1.17 bits per heavy atom. The summed E-state index contributed by atoms with van der Waals surface area (Å²) in [6.07, 6.45) is 9.24. The van der Waals surface area contributed by atoms with Crippen molar-refractivity contribution in [2.75, 3.05) is 26.2 Å². The topological polar surface area (TPSA) is 32.5 Å². The Balaban J connectivity index is 1.52. The van der Waals surface area contributed by atoms with E-state index < -0.39 is 0 Å². The quantitative estimate of drug-likeness (QED) is 0.830. The Hall–Kier alpha value is -0.120. The molecule has 1 aliphatic carbocycles. The van der Waals surface area contributed by atoms with Crippen LogP contribution in [0, 0.1) is 0 Å². The van der Waals surface area contributed by atoms with Crippen LogP contribution in [0.3, 0.4) is 0 Å². The summed E-state index contributed by atoms with van der Waals surface area (Å²) in [6.45, 7) is 7.53. The summed E-state index contributed by atoms with van der Waals surface area (Å²) < 4.78 is 0. The van der Waals surface area contributed by atoms with Gasteiger partial charge in [0.15, 0.2) is 0 Å². The molecule has 2 saturated heterocycles. The molecule has 3 heteroatoms. The van der Waals surface area contributed by atoms with Crippen molar-refractivity contribution in [1.29, 1.82) is 0 Å². The molecule has 3 aliphatic rings. The molecule has 2 atom stereocenters. The SMILES string of the molecule is CC1CN2CCCC2CN1CCC1(N)CCCC1. The van der Waals surface area contributed by atoms with Crippen LogP contribution in [0.15, 0.2) is 0 Å². The van der Waals surface area contributed by atoms with Gasteiger partial charge >= 0.3 is 0 Å². The molecule has 104 valence electrons. The largest absolute Gasteiger partial charge is 0.325 e. The van der Waals surface area contributed by atoms with E-state index in [1.165, 1.54) is 71.1 Å². The maximum atomic E-state index is 6.49. The molecule has 3 fully saturated rings. The van der Waals surface area contributed by atoms with E-state index in [2.05, 4.69) is 16.7 Å². The summed E-state index contributed by atoms with van der Waals surface area (Å²) in [4.78, 5) is 5.41. The lowest BCUT2D eigenvalue weighted by Gasteiger charge is -2.43. The van der Waals surface area contributed by atoms with E-state index in [9.17, 15) is 0 Å². The molecule has 0 aromatic heterocycles. The first-order chi connectivity index (χ1) is 8.66. The van der Waals surface area contributed by atoms with Gasteiger partial charge in [-0.25, -0.2) is 0 Å². The van der Waals surface area contributed by atoms with Crippen molar-refractivity contribution in [3.05, 3.63) is 0 Å². The number of nitrogens with two attached hydrogens (primary N) is 1. The second-order valence-corrected chi connectivity index (χ2v) is 6.95. The molecule has 2 unspecified atom stereocenters. The Labute approximate surface area is 112 Å². The summed E-state index contributed by atoms with van der Waals surface area (Å²) in [5.41, 5.74) is 6.66. The zero-order chi connectivity index (χ0) is 12.6. The summed E-state index contributed by atoms with van der Waals surface area (Å²) in [7, 11) is 0. The third kappa shape index (κ3) is 2.59.